The van der Waals surface area contributed by atoms with E-state index in [1.807, 2.05) is 85.6 Å². The molecule has 5 heterocycles. The van der Waals surface area contributed by atoms with Gasteiger partial charge in [-0.15, -0.1) is 83.4 Å². The second kappa shape index (κ2) is 20.2. The SMILES string of the molecule is Cc1ccc(-c2[c-]cc(-c3ccccc3-c3cc(-c4nccn4-c4c[c-]c(-c5ccccn5)cc4)cc(-c4nccn4-c4c[c-]c(-c5ccccn5)cc4)c3)c(-c3ccc(-c4ccccc4)cc3)c2)nc1.[Ir+3]. The number of hydrogen-bond acceptors (Lipinski definition) is 5. The Labute approximate surface area is 432 Å². The van der Waals surface area contributed by atoms with Gasteiger partial charge in [0.25, 0.3) is 0 Å². The Hall–Kier alpha value is -8.94. The normalized spacial score (nSPS) is 11.0. The van der Waals surface area contributed by atoms with Crippen molar-refractivity contribution in [1.29, 1.82) is 0 Å². The van der Waals surface area contributed by atoms with Crippen LogP contribution in [0.3, 0.4) is 0 Å². The first-order valence-corrected chi connectivity index (χ1v) is 23.4. The predicted octanol–water partition coefficient (Wildman–Crippen LogP) is 15.0. The topological polar surface area (TPSA) is 74.3 Å². The van der Waals surface area contributed by atoms with Crippen molar-refractivity contribution in [2.24, 2.45) is 0 Å². The van der Waals surface area contributed by atoms with E-state index < -0.39 is 0 Å². The molecule has 0 bridgehead atoms. The van der Waals surface area contributed by atoms with Crippen molar-refractivity contribution in [3.63, 3.8) is 0 Å². The molecular weight excluding hydrogens is 1060 g/mol. The molecule has 0 saturated carbocycles. The van der Waals surface area contributed by atoms with Gasteiger partial charge in [-0.25, -0.2) is 9.97 Å². The van der Waals surface area contributed by atoms with E-state index in [1.54, 1.807) is 12.4 Å². The molecule has 0 unspecified atom stereocenters. The van der Waals surface area contributed by atoms with Crippen molar-refractivity contribution in [1.82, 2.24) is 34.1 Å². The van der Waals surface area contributed by atoms with Gasteiger partial charge >= 0.3 is 20.1 Å². The molecule has 12 rings (SSSR count). The Morgan fingerprint density at radius 1 is 0.347 bits per heavy atom. The molecule has 0 saturated heterocycles. The van der Waals surface area contributed by atoms with Crippen molar-refractivity contribution >= 4 is 0 Å². The molecule has 12 aromatic rings. The van der Waals surface area contributed by atoms with Crippen molar-refractivity contribution < 1.29 is 20.1 Å². The standard InChI is InChI=1S/C64H42N7.Ir/c1-44-17-32-62(69-43-44)50-26-31-58(59(42-50)47-20-18-46(19-21-47)45-11-3-2-4-12-45)57-14-6-5-13-56(57)51-39-52(63-67-35-37-70(63)54-27-22-48(23-28-54)60-15-7-9-33-65-60)41-53(40-51)64-68-36-38-71(64)55-29-24-49(25-30-55)61-16-8-10-34-66-61;/h2-22,24,27-43H,1H3;/q-3;+3. The van der Waals surface area contributed by atoms with Gasteiger partial charge in [-0.2, -0.15) is 0 Å². The fourth-order valence-corrected chi connectivity index (χ4v) is 9.16. The zero-order valence-electron chi connectivity index (χ0n) is 39.0. The maximum absolute atomic E-state index is 5.01. The van der Waals surface area contributed by atoms with E-state index in [1.165, 1.54) is 5.56 Å². The monoisotopic (exact) mass is 1100 g/mol. The third-order valence-electron chi connectivity index (χ3n) is 12.7. The average molecular weight is 1100 g/mol. The average Bonchev–Trinajstić information content (AvgIpc) is 4.16. The molecule has 0 radical (unpaired) electrons. The zero-order valence-corrected chi connectivity index (χ0v) is 41.4. The third kappa shape index (κ3) is 9.16. The first-order valence-electron chi connectivity index (χ1n) is 23.4. The summed E-state index contributed by atoms with van der Waals surface area (Å²) in [5.74, 6) is 1.55. The van der Waals surface area contributed by atoms with Crippen LogP contribution in [-0.4, -0.2) is 34.1 Å². The number of nitrogens with zero attached hydrogens (tertiary/aromatic N) is 7. The van der Waals surface area contributed by atoms with Gasteiger partial charge in [-0.3, -0.25) is 0 Å². The van der Waals surface area contributed by atoms with Crippen LogP contribution in [0.1, 0.15) is 5.56 Å². The summed E-state index contributed by atoms with van der Waals surface area (Å²) >= 11 is 0. The molecule has 0 amide bonds. The number of rotatable bonds is 11. The fourth-order valence-electron chi connectivity index (χ4n) is 9.16. The number of benzene rings is 7. The Morgan fingerprint density at radius 2 is 0.875 bits per heavy atom. The van der Waals surface area contributed by atoms with Crippen LogP contribution in [0.2, 0.25) is 0 Å². The predicted molar refractivity (Wildman–Crippen MR) is 284 cm³/mol. The van der Waals surface area contributed by atoms with Crippen molar-refractivity contribution in [2.45, 2.75) is 6.92 Å². The molecule has 0 aliphatic heterocycles. The number of imidazole rings is 2. The maximum Gasteiger partial charge on any atom is 3.00 e. The van der Waals surface area contributed by atoms with Gasteiger partial charge in [0.15, 0.2) is 0 Å². The first kappa shape index (κ1) is 45.5. The summed E-state index contributed by atoms with van der Waals surface area (Å²) in [6.07, 6.45) is 13.2. The van der Waals surface area contributed by atoms with E-state index in [0.717, 1.165) is 112 Å². The fraction of sp³-hybridized carbons (Fsp3) is 0.0156. The second-order valence-corrected chi connectivity index (χ2v) is 17.3. The Bertz CT molecular complexity index is 3640. The number of aryl methyl sites for hydroxylation is 1. The molecule has 0 fully saturated rings. The van der Waals surface area contributed by atoms with Crippen molar-refractivity contribution in [3.8, 4) is 112 Å². The molecule has 5 aromatic heterocycles. The molecular formula is C64H42IrN7. The Balaban J connectivity index is 0.00000560. The molecule has 0 N–H and O–H groups in total. The molecule has 72 heavy (non-hydrogen) atoms. The molecule has 342 valence electrons. The van der Waals surface area contributed by atoms with E-state index in [4.69, 9.17) is 15.0 Å². The van der Waals surface area contributed by atoms with Crippen LogP contribution in [0.15, 0.2) is 238 Å². The van der Waals surface area contributed by atoms with Crippen molar-refractivity contribution in [2.75, 3.05) is 0 Å². The van der Waals surface area contributed by atoms with E-state index in [9.17, 15) is 0 Å². The Kier molecular flexibility index (Phi) is 12.8. The quantitative estimate of drug-likeness (QED) is 0.121. The first-order chi connectivity index (χ1) is 35.1. The van der Waals surface area contributed by atoms with Crippen LogP contribution in [0.25, 0.3) is 112 Å². The second-order valence-electron chi connectivity index (χ2n) is 17.3. The summed E-state index contributed by atoms with van der Waals surface area (Å²) in [5, 5.41) is 0. The summed E-state index contributed by atoms with van der Waals surface area (Å²) in [6.45, 7) is 2.06. The van der Waals surface area contributed by atoms with Crippen LogP contribution in [0.5, 0.6) is 0 Å². The van der Waals surface area contributed by atoms with Gasteiger partial charge in [-0.05, 0) is 99.1 Å². The van der Waals surface area contributed by atoms with Gasteiger partial charge in [-0.1, -0.05) is 132 Å². The summed E-state index contributed by atoms with van der Waals surface area (Å²) in [5.41, 5.74) is 18.8. The number of pyridine rings is 3. The van der Waals surface area contributed by atoms with Crippen LogP contribution in [0, 0.1) is 25.1 Å². The summed E-state index contributed by atoms with van der Waals surface area (Å²) in [7, 11) is 0. The maximum atomic E-state index is 5.01. The Morgan fingerprint density at radius 3 is 1.43 bits per heavy atom. The molecule has 0 atom stereocenters. The number of aromatic nitrogens is 7. The zero-order chi connectivity index (χ0) is 47.5. The third-order valence-corrected chi connectivity index (χ3v) is 12.7. The van der Waals surface area contributed by atoms with E-state index in [2.05, 4.69) is 184 Å². The summed E-state index contributed by atoms with van der Waals surface area (Å²) < 4.78 is 4.21. The van der Waals surface area contributed by atoms with Gasteiger partial charge in [0.2, 0.25) is 0 Å². The van der Waals surface area contributed by atoms with Crippen LogP contribution >= 0.6 is 0 Å². The summed E-state index contributed by atoms with van der Waals surface area (Å²) in [4.78, 5) is 23.9. The van der Waals surface area contributed by atoms with Gasteiger partial charge < -0.3 is 24.1 Å². The van der Waals surface area contributed by atoms with E-state index >= 15 is 0 Å². The van der Waals surface area contributed by atoms with Crippen LogP contribution in [-0.2, 0) is 20.1 Å². The molecule has 7 nitrogen and oxygen atoms in total. The van der Waals surface area contributed by atoms with E-state index in [-0.39, 0.29) is 20.1 Å². The van der Waals surface area contributed by atoms with E-state index in [0.29, 0.717) is 0 Å². The van der Waals surface area contributed by atoms with Gasteiger partial charge in [0.1, 0.15) is 11.6 Å². The number of hydrogen-bond donors (Lipinski definition) is 0. The van der Waals surface area contributed by atoms with Gasteiger partial charge in [0.05, 0.1) is 0 Å². The van der Waals surface area contributed by atoms with Crippen LogP contribution < -0.4 is 0 Å². The minimum Gasteiger partial charge on any atom is -0.341 e. The minimum atomic E-state index is 0. The van der Waals surface area contributed by atoms with Gasteiger partial charge in [0, 0.05) is 54.5 Å². The molecule has 0 aliphatic carbocycles. The smallest absolute Gasteiger partial charge is 0.341 e. The largest absolute Gasteiger partial charge is 3.00 e. The molecule has 7 aromatic carbocycles. The molecule has 0 spiro atoms. The minimum absolute atomic E-state index is 0. The molecule has 8 heteroatoms. The van der Waals surface area contributed by atoms with Crippen LogP contribution in [0.4, 0.5) is 0 Å². The summed E-state index contributed by atoms with van der Waals surface area (Å²) in [6, 6.07) is 77.7. The van der Waals surface area contributed by atoms with Crippen molar-refractivity contribution in [3.05, 3.63) is 261 Å². The molecule has 0 aliphatic rings.